The largest absolute Gasteiger partial charge is 0.507 e. The van der Waals surface area contributed by atoms with Crippen molar-refractivity contribution in [2.45, 2.75) is 6.04 Å². The zero-order valence-corrected chi connectivity index (χ0v) is 18.8. The highest BCUT2D eigenvalue weighted by Gasteiger charge is 2.47. The van der Waals surface area contributed by atoms with Gasteiger partial charge >= 0.3 is 0 Å². The molecule has 2 heterocycles. The van der Waals surface area contributed by atoms with Crippen molar-refractivity contribution < 1.29 is 28.9 Å². The molecule has 1 amide bonds. The fourth-order valence-corrected chi connectivity index (χ4v) is 4.31. The van der Waals surface area contributed by atoms with E-state index < -0.39 is 17.7 Å². The fourth-order valence-electron chi connectivity index (χ4n) is 4.31. The van der Waals surface area contributed by atoms with Gasteiger partial charge in [0, 0.05) is 37.3 Å². The molecule has 0 unspecified atom stereocenters. The van der Waals surface area contributed by atoms with Crippen LogP contribution in [0, 0.1) is 0 Å². The predicted octanol–water partition coefficient (Wildman–Crippen LogP) is 2.46. The SMILES string of the molecule is COc1ccc(OC)c([C@@H]2/C(=C(\O)c3ccccc3)C(=O)C(=O)N2CCN2CCOCC2)c1. The van der Waals surface area contributed by atoms with Crippen molar-refractivity contribution in [3.63, 3.8) is 0 Å². The molecule has 0 saturated carbocycles. The molecule has 0 aromatic heterocycles. The summed E-state index contributed by atoms with van der Waals surface area (Å²) in [6.07, 6.45) is 0. The third-order valence-electron chi connectivity index (χ3n) is 6.08. The average molecular weight is 453 g/mol. The number of rotatable bonds is 7. The molecular weight excluding hydrogens is 424 g/mol. The van der Waals surface area contributed by atoms with Gasteiger partial charge in [0.15, 0.2) is 0 Å². The fraction of sp³-hybridized carbons (Fsp3) is 0.360. The van der Waals surface area contributed by atoms with Crippen molar-refractivity contribution in [2.75, 3.05) is 53.6 Å². The summed E-state index contributed by atoms with van der Waals surface area (Å²) in [5.41, 5.74) is 1.09. The number of hydrogen-bond acceptors (Lipinski definition) is 7. The van der Waals surface area contributed by atoms with E-state index in [1.54, 1.807) is 49.6 Å². The van der Waals surface area contributed by atoms with E-state index in [9.17, 15) is 14.7 Å². The monoisotopic (exact) mass is 452 g/mol. The van der Waals surface area contributed by atoms with Gasteiger partial charge in [0.2, 0.25) is 0 Å². The van der Waals surface area contributed by atoms with Crippen molar-refractivity contribution in [3.8, 4) is 11.5 Å². The molecule has 2 aromatic carbocycles. The van der Waals surface area contributed by atoms with Crippen LogP contribution in [0.3, 0.4) is 0 Å². The van der Waals surface area contributed by atoms with Crippen LogP contribution >= 0.6 is 0 Å². The molecule has 2 aromatic rings. The second kappa shape index (κ2) is 10.1. The number of amides is 1. The summed E-state index contributed by atoms with van der Waals surface area (Å²) in [5.74, 6) is -0.510. The first-order valence-corrected chi connectivity index (χ1v) is 10.9. The maximum Gasteiger partial charge on any atom is 0.295 e. The van der Waals surface area contributed by atoms with E-state index in [0.717, 1.165) is 13.1 Å². The molecule has 4 rings (SSSR count). The van der Waals surface area contributed by atoms with Gasteiger partial charge in [-0.3, -0.25) is 14.5 Å². The minimum atomic E-state index is -0.809. The van der Waals surface area contributed by atoms with Crippen LogP contribution in [0.4, 0.5) is 0 Å². The summed E-state index contributed by atoms with van der Waals surface area (Å²) >= 11 is 0. The topological polar surface area (TPSA) is 88.5 Å². The van der Waals surface area contributed by atoms with Crippen molar-refractivity contribution in [3.05, 3.63) is 65.2 Å². The lowest BCUT2D eigenvalue weighted by molar-refractivity contribution is -0.140. The highest BCUT2D eigenvalue weighted by atomic mass is 16.5. The Bertz CT molecular complexity index is 1050. The minimum absolute atomic E-state index is 0.0414. The number of carbonyl (C=O) groups is 2. The molecule has 8 heteroatoms. The Morgan fingerprint density at radius 1 is 1.03 bits per heavy atom. The summed E-state index contributed by atoms with van der Waals surface area (Å²) in [6.45, 7) is 3.72. The summed E-state index contributed by atoms with van der Waals surface area (Å²) in [4.78, 5) is 30.1. The van der Waals surface area contributed by atoms with Gasteiger partial charge < -0.3 is 24.2 Å². The lowest BCUT2D eigenvalue weighted by atomic mass is 9.94. The molecule has 2 fully saturated rings. The molecule has 0 bridgehead atoms. The Morgan fingerprint density at radius 3 is 2.42 bits per heavy atom. The lowest BCUT2D eigenvalue weighted by Gasteiger charge is -2.31. The smallest absolute Gasteiger partial charge is 0.295 e. The zero-order chi connectivity index (χ0) is 23.4. The quantitative estimate of drug-likeness (QED) is 0.392. The van der Waals surface area contributed by atoms with Crippen molar-refractivity contribution in [1.82, 2.24) is 9.80 Å². The highest BCUT2D eigenvalue weighted by Crippen LogP contribution is 2.43. The van der Waals surface area contributed by atoms with Gasteiger partial charge in [-0.05, 0) is 18.2 Å². The molecule has 1 atom stereocenters. The number of hydrogen-bond donors (Lipinski definition) is 1. The van der Waals surface area contributed by atoms with Gasteiger partial charge in [0.25, 0.3) is 11.7 Å². The first-order chi connectivity index (χ1) is 16.0. The Labute approximate surface area is 193 Å². The molecule has 0 aliphatic carbocycles. The standard InChI is InChI=1S/C25H28N2O6/c1-31-18-8-9-20(32-2)19(16-18)22-21(23(28)17-6-4-3-5-7-17)24(29)25(30)27(22)11-10-26-12-14-33-15-13-26/h3-9,16,22,28H,10-15H2,1-2H3/b23-21+/t22-/m1/s1. The van der Waals surface area contributed by atoms with E-state index in [1.807, 2.05) is 6.07 Å². The number of aliphatic hydroxyl groups excluding tert-OH is 1. The summed E-state index contributed by atoms with van der Waals surface area (Å²) in [7, 11) is 3.08. The number of benzene rings is 2. The first kappa shape index (κ1) is 22.8. The van der Waals surface area contributed by atoms with Crippen LogP contribution in [0.1, 0.15) is 17.2 Å². The molecule has 2 saturated heterocycles. The molecule has 0 spiro atoms. The minimum Gasteiger partial charge on any atom is -0.507 e. The number of aliphatic hydroxyl groups is 1. The highest BCUT2D eigenvalue weighted by molar-refractivity contribution is 6.46. The van der Waals surface area contributed by atoms with Gasteiger partial charge in [-0.15, -0.1) is 0 Å². The van der Waals surface area contributed by atoms with E-state index in [-0.39, 0.29) is 11.3 Å². The second-order valence-electron chi connectivity index (χ2n) is 7.92. The normalized spacial score (nSPS) is 20.8. The van der Waals surface area contributed by atoms with Crippen LogP contribution < -0.4 is 9.47 Å². The molecule has 2 aliphatic heterocycles. The van der Waals surface area contributed by atoms with E-state index in [4.69, 9.17) is 14.2 Å². The first-order valence-electron chi connectivity index (χ1n) is 10.9. The molecule has 8 nitrogen and oxygen atoms in total. The lowest BCUT2D eigenvalue weighted by Crippen LogP contribution is -2.42. The Kier molecular flexibility index (Phi) is 6.96. The number of methoxy groups -OCH3 is 2. The summed E-state index contributed by atoms with van der Waals surface area (Å²) in [6, 6.07) is 13.2. The number of likely N-dealkylation sites (tertiary alicyclic amines) is 1. The number of ketones is 1. The number of morpholine rings is 1. The second-order valence-corrected chi connectivity index (χ2v) is 7.92. The summed E-state index contributed by atoms with van der Waals surface area (Å²) < 4.78 is 16.4. The third kappa shape index (κ3) is 4.58. The molecular formula is C25H28N2O6. The van der Waals surface area contributed by atoms with E-state index in [1.165, 1.54) is 12.0 Å². The number of carbonyl (C=O) groups excluding carboxylic acids is 2. The van der Waals surface area contributed by atoms with Gasteiger partial charge in [-0.1, -0.05) is 30.3 Å². The zero-order valence-electron chi connectivity index (χ0n) is 18.8. The van der Waals surface area contributed by atoms with Crippen LogP contribution in [-0.4, -0.2) is 80.2 Å². The Balaban J connectivity index is 1.80. The van der Waals surface area contributed by atoms with Gasteiger partial charge in [-0.2, -0.15) is 0 Å². The van der Waals surface area contributed by atoms with E-state index >= 15 is 0 Å². The van der Waals surface area contributed by atoms with Crippen molar-refractivity contribution in [1.29, 1.82) is 0 Å². The van der Waals surface area contributed by atoms with Gasteiger partial charge in [-0.25, -0.2) is 0 Å². The van der Waals surface area contributed by atoms with Crippen molar-refractivity contribution in [2.24, 2.45) is 0 Å². The van der Waals surface area contributed by atoms with Gasteiger partial charge in [0.1, 0.15) is 17.3 Å². The van der Waals surface area contributed by atoms with Crippen molar-refractivity contribution >= 4 is 17.4 Å². The number of Topliss-reactive ketones (excluding diaryl/α,β-unsaturated/α-hetero) is 1. The molecule has 2 aliphatic rings. The van der Waals surface area contributed by atoms with Crippen LogP contribution in [0.15, 0.2) is 54.1 Å². The third-order valence-corrected chi connectivity index (χ3v) is 6.08. The number of nitrogens with zero attached hydrogens (tertiary/aromatic N) is 2. The van der Waals surface area contributed by atoms with Crippen LogP contribution in [-0.2, 0) is 14.3 Å². The molecule has 33 heavy (non-hydrogen) atoms. The average Bonchev–Trinajstić information content (AvgIpc) is 3.12. The number of ether oxygens (including phenoxy) is 3. The van der Waals surface area contributed by atoms with Gasteiger partial charge in [0.05, 0.1) is 39.0 Å². The van der Waals surface area contributed by atoms with Crippen LogP contribution in [0.2, 0.25) is 0 Å². The summed E-state index contributed by atoms with van der Waals surface area (Å²) in [5, 5.41) is 11.1. The van der Waals surface area contributed by atoms with Crippen LogP contribution in [0.5, 0.6) is 11.5 Å². The van der Waals surface area contributed by atoms with E-state index in [2.05, 4.69) is 4.90 Å². The maximum absolute atomic E-state index is 13.2. The maximum atomic E-state index is 13.2. The molecule has 1 N–H and O–H groups in total. The Morgan fingerprint density at radius 2 is 1.76 bits per heavy atom. The Hall–Kier alpha value is -3.36. The molecule has 0 radical (unpaired) electrons. The van der Waals surface area contributed by atoms with E-state index in [0.29, 0.717) is 48.9 Å². The predicted molar refractivity (Wildman–Crippen MR) is 122 cm³/mol. The molecule has 174 valence electrons. The van der Waals surface area contributed by atoms with Crippen LogP contribution in [0.25, 0.3) is 5.76 Å².